The van der Waals surface area contributed by atoms with Crippen molar-refractivity contribution in [3.8, 4) is 0 Å². The van der Waals surface area contributed by atoms with Crippen molar-refractivity contribution < 1.29 is 14.9 Å². The van der Waals surface area contributed by atoms with Crippen LogP contribution in [0.25, 0.3) is 0 Å². The van der Waals surface area contributed by atoms with Gasteiger partial charge in [0, 0.05) is 6.42 Å². The maximum Gasteiger partial charge on any atom is 0.141 e. The molecule has 0 spiro atoms. The Labute approximate surface area is 64.0 Å². The van der Waals surface area contributed by atoms with E-state index in [0.29, 0.717) is 0 Å². The van der Waals surface area contributed by atoms with Crippen LogP contribution in [0.2, 0.25) is 0 Å². The van der Waals surface area contributed by atoms with E-state index < -0.39 is 12.1 Å². The molecular formula is C6H11NO4. The molecule has 1 rings (SSSR count). The van der Waals surface area contributed by atoms with Crippen LogP contribution in [-0.2, 0) is 4.74 Å². The smallest absolute Gasteiger partial charge is 0.141 e. The number of hydrogen-bond donors (Lipinski definition) is 2. The van der Waals surface area contributed by atoms with Crippen LogP contribution in [0, 0.1) is 4.91 Å². The number of hydrogen-bond acceptors (Lipinski definition) is 5. The lowest BCUT2D eigenvalue weighted by Crippen LogP contribution is -2.41. The zero-order chi connectivity index (χ0) is 8.27. The predicted octanol–water partition coefficient (Wildman–Crippen LogP) is -0.737. The van der Waals surface area contributed by atoms with Gasteiger partial charge in [-0.05, 0) is 0 Å². The number of ether oxygens (including phenoxy) is 1. The Morgan fingerprint density at radius 2 is 2.36 bits per heavy atom. The predicted molar refractivity (Wildman–Crippen MR) is 37.0 cm³/mol. The molecule has 0 unspecified atom stereocenters. The molecule has 0 amide bonds. The summed E-state index contributed by atoms with van der Waals surface area (Å²) < 4.78 is 5.00. The summed E-state index contributed by atoms with van der Waals surface area (Å²) >= 11 is 0. The largest absolute Gasteiger partial charge is 0.394 e. The third kappa shape index (κ3) is 1.95. The van der Waals surface area contributed by atoms with Gasteiger partial charge in [0.2, 0.25) is 0 Å². The van der Waals surface area contributed by atoms with Gasteiger partial charge < -0.3 is 14.9 Å². The van der Waals surface area contributed by atoms with E-state index in [1.165, 1.54) is 0 Å². The van der Waals surface area contributed by atoms with Gasteiger partial charge in [0.25, 0.3) is 0 Å². The van der Waals surface area contributed by atoms with Gasteiger partial charge >= 0.3 is 0 Å². The second-order valence-electron chi connectivity index (χ2n) is 2.61. The maximum atomic E-state index is 10.0. The number of nitroso groups, excluding NO2 is 1. The second-order valence-corrected chi connectivity index (χ2v) is 2.61. The summed E-state index contributed by atoms with van der Waals surface area (Å²) in [5.74, 6) is 0. The quantitative estimate of drug-likeness (QED) is 0.523. The molecule has 0 aromatic rings. The van der Waals surface area contributed by atoms with Crippen molar-refractivity contribution >= 4 is 0 Å². The molecule has 5 nitrogen and oxygen atoms in total. The topological polar surface area (TPSA) is 79.1 Å². The highest BCUT2D eigenvalue weighted by Crippen LogP contribution is 2.15. The molecule has 0 bridgehead atoms. The van der Waals surface area contributed by atoms with Gasteiger partial charge in [-0.2, -0.15) is 4.91 Å². The third-order valence-electron chi connectivity index (χ3n) is 1.79. The molecule has 0 aromatic carbocycles. The highest BCUT2D eigenvalue weighted by atomic mass is 16.5. The Bertz CT molecular complexity index is 141. The van der Waals surface area contributed by atoms with Crippen LogP contribution >= 0.6 is 0 Å². The van der Waals surface area contributed by atoms with Crippen LogP contribution in [0.3, 0.4) is 0 Å². The maximum absolute atomic E-state index is 10.0. The van der Waals surface area contributed by atoms with E-state index in [1.54, 1.807) is 0 Å². The lowest BCUT2D eigenvalue weighted by molar-refractivity contribution is -0.0752. The van der Waals surface area contributed by atoms with Gasteiger partial charge in [-0.3, -0.25) is 0 Å². The zero-order valence-corrected chi connectivity index (χ0v) is 6.01. The van der Waals surface area contributed by atoms with E-state index in [4.69, 9.17) is 9.84 Å². The summed E-state index contributed by atoms with van der Waals surface area (Å²) in [6.07, 6.45) is -0.825. The van der Waals surface area contributed by atoms with Crippen LogP contribution in [0.4, 0.5) is 0 Å². The average Bonchev–Trinajstić information content (AvgIpc) is 2.04. The fourth-order valence-corrected chi connectivity index (χ4v) is 1.07. The van der Waals surface area contributed by atoms with Gasteiger partial charge in [-0.1, -0.05) is 5.18 Å². The van der Waals surface area contributed by atoms with E-state index in [2.05, 4.69) is 5.18 Å². The second kappa shape index (κ2) is 3.75. The van der Waals surface area contributed by atoms with Crippen molar-refractivity contribution in [3.63, 3.8) is 0 Å². The van der Waals surface area contributed by atoms with Crippen LogP contribution in [-0.4, -0.2) is 41.7 Å². The standard InChI is InChI=1S/C6H11NO4/c8-2-4-1-6(9)5(7-10)3-11-4/h4-6,8-9H,1-3H2/t4-,5-,6-/m0/s1. The first kappa shape index (κ1) is 8.58. The number of aliphatic hydroxyl groups is 2. The minimum atomic E-state index is -0.765. The lowest BCUT2D eigenvalue weighted by Gasteiger charge is -2.28. The summed E-state index contributed by atoms with van der Waals surface area (Å²) in [4.78, 5) is 10.0. The molecule has 1 aliphatic heterocycles. The minimum Gasteiger partial charge on any atom is -0.394 e. The summed E-state index contributed by atoms with van der Waals surface area (Å²) in [6, 6.07) is -0.669. The summed E-state index contributed by atoms with van der Waals surface area (Å²) in [5.41, 5.74) is 0. The van der Waals surface area contributed by atoms with Crippen molar-refractivity contribution in [2.75, 3.05) is 13.2 Å². The van der Waals surface area contributed by atoms with Gasteiger partial charge in [0.05, 0.1) is 25.4 Å². The molecule has 64 valence electrons. The Kier molecular flexibility index (Phi) is 2.92. The third-order valence-corrected chi connectivity index (χ3v) is 1.79. The number of nitrogens with zero attached hydrogens (tertiary/aromatic N) is 1. The first-order valence-corrected chi connectivity index (χ1v) is 3.51. The highest BCUT2D eigenvalue weighted by Gasteiger charge is 2.30. The Balaban J connectivity index is 2.40. The fourth-order valence-electron chi connectivity index (χ4n) is 1.07. The van der Waals surface area contributed by atoms with Gasteiger partial charge in [-0.15, -0.1) is 0 Å². The van der Waals surface area contributed by atoms with E-state index in [1.807, 2.05) is 0 Å². The first-order valence-electron chi connectivity index (χ1n) is 3.51. The molecule has 5 heteroatoms. The van der Waals surface area contributed by atoms with Crippen molar-refractivity contribution in [2.45, 2.75) is 24.7 Å². The lowest BCUT2D eigenvalue weighted by atomic mass is 10.0. The van der Waals surface area contributed by atoms with E-state index in [9.17, 15) is 10.0 Å². The van der Waals surface area contributed by atoms with Crippen molar-refractivity contribution in [1.82, 2.24) is 0 Å². The molecule has 2 N–H and O–H groups in total. The monoisotopic (exact) mass is 161 g/mol. The molecule has 11 heavy (non-hydrogen) atoms. The Morgan fingerprint density at radius 3 is 2.82 bits per heavy atom. The van der Waals surface area contributed by atoms with Gasteiger partial charge in [0.1, 0.15) is 6.04 Å². The molecule has 1 heterocycles. The molecule has 1 fully saturated rings. The van der Waals surface area contributed by atoms with Crippen molar-refractivity contribution in [1.29, 1.82) is 0 Å². The SMILES string of the molecule is O=N[C@H]1CO[C@H](CO)C[C@@H]1O. The van der Waals surface area contributed by atoms with Crippen LogP contribution in [0.15, 0.2) is 5.18 Å². The molecule has 0 aromatic heterocycles. The molecule has 0 radical (unpaired) electrons. The Hall–Kier alpha value is -0.520. The van der Waals surface area contributed by atoms with Crippen LogP contribution in [0.5, 0.6) is 0 Å². The molecule has 1 aliphatic rings. The molecule has 3 atom stereocenters. The van der Waals surface area contributed by atoms with E-state index in [0.717, 1.165) is 0 Å². The van der Waals surface area contributed by atoms with Crippen molar-refractivity contribution in [3.05, 3.63) is 4.91 Å². The summed E-state index contributed by atoms with van der Waals surface area (Å²) in [5, 5.41) is 20.5. The van der Waals surface area contributed by atoms with E-state index in [-0.39, 0.29) is 25.7 Å². The van der Waals surface area contributed by atoms with Gasteiger partial charge in [0.15, 0.2) is 0 Å². The fraction of sp³-hybridized carbons (Fsp3) is 1.00. The number of aliphatic hydroxyl groups excluding tert-OH is 2. The molecular weight excluding hydrogens is 150 g/mol. The molecule has 0 aliphatic carbocycles. The number of rotatable bonds is 2. The summed E-state index contributed by atoms with van der Waals surface area (Å²) in [7, 11) is 0. The van der Waals surface area contributed by atoms with Crippen molar-refractivity contribution in [2.24, 2.45) is 5.18 Å². The minimum absolute atomic E-state index is 0.107. The normalized spacial score (nSPS) is 38.5. The highest BCUT2D eigenvalue weighted by molar-refractivity contribution is 4.82. The zero-order valence-electron chi connectivity index (χ0n) is 6.01. The molecule has 0 saturated carbocycles. The summed E-state index contributed by atoms with van der Waals surface area (Å²) in [6.45, 7) is -0.0153. The van der Waals surface area contributed by atoms with Crippen LogP contribution < -0.4 is 0 Å². The Morgan fingerprint density at radius 1 is 1.64 bits per heavy atom. The first-order chi connectivity index (χ1) is 5.27. The van der Waals surface area contributed by atoms with Gasteiger partial charge in [-0.25, -0.2) is 0 Å². The average molecular weight is 161 g/mol. The van der Waals surface area contributed by atoms with E-state index >= 15 is 0 Å². The molecule has 1 saturated heterocycles. The van der Waals surface area contributed by atoms with Crippen LogP contribution in [0.1, 0.15) is 6.42 Å².